The Morgan fingerprint density at radius 3 is 1.92 bits per heavy atom. The highest BCUT2D eigenvalue weighted by Crippen LogP contribution is 2.15. The van der Waals surface area contributed by atoms with Crippen molar-refractivity contribution in [2.24, 2.45) is 11.7 Å². The lowest BCUT2D eigenvalue weighted by atomic mass is 9.92. The first-order chi connectivity index (χ1) is 5.26. The van der Waals surface area contributed by atoms with Crippen LogP contribution in [0.25, 0.3) is 0 Å². The van der Waals surface area contributed by atoms with Crippen molar-refractivity contribution in [2.45, 2.75) is 32.2 Å². The van der Waals surface area contributed by atoms with E-state index in [-0.39, 0.29) is 17.0 Å². The van der Waals surface area contributed by atoms with E-state index in [0.717, 1.165) is 19.3 Å². The SMILES string of the molecule is Br.C=CCC(CC=C)C(N)CC. The van der Waals surface area contributed by atoms with Gasteiger partial charge in [-0.1, -0.05) is 19.1 Å². The summed E-state index contributed by atoms with van der Waals surface area (Å²) in [6.07, 6.45) is 6.90. The summed E-state index contributed by atoms with van der Waals surface area (Å²) in [5.74, 6) is 0.537. The third-order valence-corrected chi connectivity index (χ3v) is 2.02. The molecule has 2 heteroatoms. The second-order valence-electron chi connectivity index (χ2n) is 2.88. The molecule has 0 saturated heterocycles. The van der Waals surface area contributed by atoms with Crippen LogP contribution in [0.5, 0.6) is 0 Å². The minimum Gasteiger partial charge on any atom is -0.327 e. The maximum atomic E-state index is 5.89. The first kappa shape index (κ1) is 14.4. The summed E-state index contributed by atoms with van der Waals surface area (Å²) in [6.45, 7) is 9.53. The van der Waals surface area contributed by atoms with Crippen LogP contribution in [0.2, 0.25) is 0 Å². The molecule has 0 heterocycles. The highest BCUT2D eigenvalue weighted by Gasteiger charge is 2.12. The van der Waals surface area contributed by atoms with Gasteiger partial charge in [0.25, 0.3) is 0 Å². The largest absolute Gasteiger partial charge is 0.327 e. The zero-order valence-corrected chi connectivity index (χ0v) is 9.54. The van der Waals surface area contributed by atoms with Gasteiger partial charge in [0.05, 0.1) is 0 Å². The molecular formula is C10H20BrN. The zero-order valence-electron chi connectivity index (χ0n) is 7.83. The number of rotatable bonds is 6. The molecule has 0 spiro atoms. The van der Waals surface area contributed by atoms with Crippen LogP contribution < -0.4 is 5.73 Å². The molecule has 0 aliphatic heterocycles. The smallest absolute Gasteiger partial charge is 0.00704 e. The van der Waals surface area contributed by atoms with Gasteiger partial charge >= 0.3 is 0 Å². The predicted octanol–water partition coefficient (Wildman–Crippen LogP) is 3.07. The molecule has 0 rings (SSSR count). The first-order valence-electron chi connectivity index (χ1n) is 4.23. The van der Waals surface area contributed by atoms with Crippen LogP contribution >= 0.6 is 17.0 Å². The van der Waals surface area contributed by atoms with Crippen LogP contribution in [0.3, 0.4) is 0 Å². The van der Waals surface area contributed by atoms with Gasteiger partial charge < -0.3 is 5.73 Å². The van der Waals surface area contributed by atoms with E-state index in [0.29, 0.717) is 12.0 Å². The average molecular weight is 234 g/mol. The molecule has 1 atom stereocenters. The van der Waals surface area contributed by atoms with Gasteiger partial charge in [-0.3, -0.25) is 0 Å². The van der Waals surface area contributed by atoms with Crippen LogP contribution in [0.1, 0.15) is 26.2 Å². The molecule has 0 aromatic carbocycles. The van der Waals surface area contributed by atoms with Crippen molar-refractivity contribution in [1.82, 2.24) is 0 Å². The topological polar surface area (TPSA) is 26.0 Å². The van der Waals surface area contributed by atoms with E-state index in [4.69, 9.17) is 5.73 Å². The van der Waals surface area contributed by atoms with Crippen molar-refractivity contribution in [3.63, 3.8) is 0 Å². The third-order valence-electron chi connectivity index (χ3n) is 2.02. The van der Waals surface area contributed by atoms with E-state index in [9.17, 15) is 0 Å². The summed E-state index contributed by atoms with van der Waals surface area (Å²) in [7, 11) is 0. The molecule has 72 valence electrons. The fourth-order valence-corrected chi connectivity index (χ4v) is 1.21. The minimum atomic E-state index is 0. The maximum absolute atomic E-state index is 5.89. The number of allylic oxidation sites excluding steroid dienone is 2. The lowest BCUT2D eigenvalue weighted by molar-refractivity contribution is 0.418. The Kier molecular flexibility index (Phi) is 10.8. The van der Waals surface area contributed by atoms with Gasteiger partial charge in [0.2, 0.25) is 0 Å². The number of nitrogens with two attached hydrogens (primary N) is 1. The average Bonchev–Trinajstić information content (AvgIpc) is 2.03. The second-order valence-corrected chi connectivity index (χ2v) is 2.88. The summed E-state index contributed by atoms with van der Waals surface area (Å²) in [5, 5.41) is 0. The van der Waals surface area contributed by atoms with Crippen molar-refractivity contribution in [3.8, 4) is 0 Å². The molecule has 0 fully saturated rings. The normalized spacial score (nSPS) is 11.9. The van der Waals surface area contributed by atoms with E-state index in [2.05, 4.69) is 20.1 Å². The van der Waals surface area contributed by atoms with Crippen molar-refractivity contribution < 1.29 is 0 Å². The van der Waals surface area contributed by atoms with Gasteiger partial charge in [0.15, 0.2) is 0 Å². The van der Waals surface area contributed by atoms with Crippen LogP contribution in [0.4, 0.5) is 0 Å². The highest BCUT2D eigenvalue weighted by atomic mass is 79.9. The quantitative estimate of drug-likeness (QED) is 0.702. The molecular weight excluding hydrogens is 214 g/mol. The van der Waals surface area contributed by atoms with Crippen LogP contribution in [0.15, 0.2) is 25.3 Å². The van der Waals surface area contributed by atoms with Gasteiger partial charge in [0.1, 0.15) is 0 Å². The Hall–Kier alpha value is -0.0800. The predicted molar refractivity (Wildman–Crippen MR) is 61.7 cm³/mol. The van der Waals surface area contributed by atoms with E-state index in [1.165, 1.54) is 0 Å². The summed E-state index contributed by atoms with van der Waals surface area (Å²) >= 11 is 0. The van der Waals surface area contributed by atoms with Crippen molar-refractivity contribution in [2.75, 3.05) is 0 Å². The lowest BCUT2D eigenvalue weighted by Gasteiger charge is -2.19. The molecule has 0 aromatic rings. The zero-order chi connectivity index (χ0) is 8.69. The molecule has 0 radical (unpaired) electrons. The number of hydrogen-bond acceptors (Lipinski definition) is 1. The molecule has 12 heavy (non-hydrogen) atoms. The monoisotopic (exact) mass is 233 g/mol. The molecule has 2 N–H and O–H groups in total. The molecule has 0 aliphatic rings. The van der Waals surface area contributed by atoms with Crippen molar-refractivity contribution >= 4 is 17.0 Å². The fraction of sp³-hybridized carbons (Fsp3) is 0.600. The Balaban J connectivity index is 0. The summed E-state index contributed by atoms with van der Waals surface area (Å²) < 4.78 is 0. The van der Waals surface area contributed by atoms with E-state index < -0.39 is 0 Å². The summed E-state index contributed by atoms with van der Waals surface area (Å²) in [5.41, 5.74) is 5.89. The van der Waals surface area contributed by atoms with Gasteiger partial charge in [-0.25, -0.2) is 0 Å². The summed E-state index contributed by atoms with van der Waals surface area (Å²) in [6, 6.07) is 0.297. The molecule has 1 unspecified atom stereocenters. The van der Waals surface area contributed by atoms with Gasteiger partial charge in [-0.05, 0) is 25.2 Å². The molecule has 0 bridgehead atoms. The Morgan fingerprint density at radius 1 is 1.25 bits per heavy atom. The molecule has 0 amide bonds. The van der Waals surface area contributed by atoms with Gasteiger partial charge in [-0.15, -0.1) is 30.1 Å². The third kappa shape index (κ3) is 5.56. The second kappa shape index (κ2) is 9.01. The first-order valence-corrected chi connectivity index (χ1v) is 4.23. The minimum absolute atomic E-state index is 0. The van der Waals surface area contributed by atoms with Crippen molar-refractivity contribution in [1.29, 1.82) is 0 Å². The fourth-order valence-electron chi connectivity index (χ4n) is 1.21. The standard InChI is InChI=1S/C10H19N.BrH/c1-4-7-9(8-5-2)10(11)6-3;/h4-5,9-10H,1-2,6-8,11H2,3H3;1H. The number of halogens is 1. The van der Waals surface area contributed by atoms with E-state index >= 15 is 0 Å². The Bertz CT molecular complexity index is 113. The van der Waals surface area contributed by atoms with E-state index in [1.807, 2.05) is 12.2 Å². The molecule has 0 aromatic heterocycles. The molecule has 0 aliphatic carbocycles. The molecule has 0 saturated carbocycles. The molecule has 1 nitrogen and oxygen atoms in total. The van der Waals surface area contributed by atoms with Gasteiger partial charge in [-0.2, -0.15) is 0 Å². The van der Waals surface area contributed by atoms with Crippen molar-refractivity contribution in [3.05, 3.63) is 25.3 Å². The Labute approximate surface area is 86.5 Å². The number of hydrogen-bond donors (Lipinski definition) is 1. The lowest BCUT2D eigenvalue weighted by Crippen LogP contribution is -2.28. The summed E-state index contributed by atoms with van der Waals surface area (Å²) in [4.78, 5) is 0. The Morgan fingerprint density at radius 2 is 1.67 bits per heavy atom. The highest BCUT2D eigenvalue weighted by molar-refractivity contribution is 8.93. The van der Waals surface area contributed by atoms with E-state index in [1.54, 1.807) is 0 Å². The van der Waals surface area contributed by atoms with Crippen LogP contribution in [0, 0.1) is 5.92 Å². The van der Waals surface area contributed by atoms with Gasteiger partial charge in [0, 0.05) is 6.04 Å². The maximum Gasteiger partial charge on any atom is 0.00704 e. The van der Waals surface area contributed by atoms with Crippen LogP contribution in [-0.2, 0) is 0 Å². The van der Waals surface area contributed by atoms with Crippen LogP contribution in [-0.4, -0.2) is 6.04 Å².